The first-order valence-electron chi connectivity index (χ1n) is 14.7. The maximum absolute atomic E-state index is 13.7. The van der Waals surface area contributed by atoms with E-state index in [1.54, 1.807) is 37.1 Å². The molecule has 5 amide bonds. The number of aliphatic hydroxyl groups excluding tert-OH is 1. The van der Waals surface area contributed by atoms with Crippen LogP contribution < -0.4 is 20.7 Å². The van der Waals surface area contributed by atoms with Gasteiger partial charge in [-0.05, 0) is 54.8 Å². The lowest BCUT2D eigenvalue weighted by atomic mass is 9.99. The minimum Gasteiger partial charge on any atom is -0.485 e. The van der Waals surface area contributed by atoms with Gasteiger partial charge in [-0.3, -0.25) is 4.79 Å². The number of aliphatic hydroxyl groups is 1. The highest BCUT2D eigenvalue weighted by molar-refractivity contribution is 6.04. The number of ether oxygens (including phenoxy) is 1. The first kappa shape index (κ1) is 31.3. The number of carbonyl (C=O) groups excluding carboxylic acids is 3. The van der Waals surface area contributed by atoms with Gasteiger partial charge in [0, 0.05) is 30.6 Å². The van der Waals surface area contributed by atoms with Crippen molar-refractivity contribution in [3.63, 3.8) is 0 Å². The van der Waals surface area contributed by atoms with Crippen LogP contribution in [0.15, 0.2) is 84.9 Å². The summed E-state index contributed by atoms with van der Waals surface area (Å²) in [6.07, 6.45) is -0.600. The van der Waals surface area contributed by atoms with Crippen LogP contribution in [0.25, 0.3) is 10.8 Å². The number of urea groups is 2. The molecule has 3 atom stereocenters. The molecular formula is C34H36FN5O5. The number of rotatable bonds is 7. The van der Waals surface area contributed by atoms with Gasteiger partial charge in [0.25, 0.3) is 5.91 Å². The molecule has 0 radical (unpaired) electrons. The molecule has 4 aromatic rings. The highest BCUT2D eigenvalue weighted by Crippen LogP contribution is 2.35. The maximum atomic E-state index is 13.7. The Morgan fingerprint density at radius 3 is 2.42 bits per heavy atom. The summed E-state index contributed by atoms with van der Waals surface area (Å²) in [6, 6.07) is 22.1. The molecule has 10 nitrogen and oxygen atoms in total. The summed E-state index contributed by atoms with van der Waals surface area (Å²) in [5, 5.41) is 20.2. The van der Waals surface area contributed by atoms with E-state index in [-0.39, 0.29) is 54.6 Å². The molecule has 0 aliphatic carbocycles. The van der Waals surface area contributed by atoms with Gasteiger partial charge in [0.15, 0.2) is 5.75 Å². The van der Waals surface area contributed by atoms with Gasteiger partial charge in [-0.25, -0.2) is 14.0 Å². The number of nitrogens with one attached hydrogen (secondary N) is 3. The topological polar surface area (TPSA) is 123 Å². The molecule has 1 aliphatic heterocycles. The Labute approximate surface area is 260 Å². The average molecular weight is 614 g/mol. The van der Waals surface area contributed by atoms with Crippen molar-refractivity contribution in [1.29, 1.82) is 0 Å². The first-order valence-corrected chi connectivity index (χ1v) is 14.7. The van der Waals surface area contributed by atoms with Gasteiger partial charge in [0.05, 0.1) is 36.1 Å². The molecule has 234 valence electrons. The molecule has 4 N–H and O–H groups in total. The number of hydrogen-bond acceptors (Lipinski definition) is 5. The zero-order valence-corrected chi connectivity index (χ0v) is 25.3. The second-order valence-corrected chi connectivity index (χ2v) is 11.2. The van der Waals surface area contributed by atoms with Crippen molar-refractivity contribution in [1.82, 2.24) is 9.80 Å². The Bertz CT molecular complexity index is 1690. The predicted molar refractivity (Wildman–Crippen MR) is 172 cm³/mol. The molecule has 0 aromatic heterocycles. The summed E-state index contributed by atoms with van der Waals surface area (Å²) in [5.74, 6) is -0.923. The van der Waals surface area contributed by atoms with Crippen LogP contribution in [0.3, 0.4) is 0 Å². The smallest absolute Gasteiger partial charge is 0.323 e. The molecule has 0 saturated heterocycles. The summed E-state index contributed by atoms with van der Waals surface area (Å²) in [6.45, 7) is 3.84. The number of para-hydroxylation sites is 1. The average Bonchev–Trinajstić information content (AvgIpc) is 3.03. The zero-order valence-electron chi connectivity index (χ0n) is 25.3. The fraction of sp³-hybridized carbons (Fsp3) is 0.265. The van der Waals surface area contributed by atoms with E-state index < -0.39 is 24.0 Å². The highest BCUT2D eigenvalue weighted by atomic mass is 19.1. The molecule has 0 bridgehead atoms. The van der Waals surface area contributed by atoms with E-state index in [0.29, 0.717) is 11.4 Å². The fourth-order valence-corrected chi connectivity index (χ4v) is 5.28. The van der Waals surface area contributed by atoms with Crippen molar-refractivity contribution in [2.24, 2.45) is 5.92 Å². The van der Waals surface area contributed by atoms with Crippen LogP contribution in [0.1, 0.15) is 24.2 Å². The van der Waals surface area contributed by atoms with Crippen molar-refractivity contribution < 1.29 is 28.6 Å². The quantitative estimate of drug-likeness (QED) is 0.203. The molecule has 0 saturated carbocycles. The predicted octanol–water partition coefficient (Wildman–Crippen LogP) is 6.01. The monoisotopic (exact) mass is 613 g/mol. The Hall–Kier alpha value is -5.16. The fourth-order valence-electron chi connectivity index (χ4n) is 5.28. The van der Waals surface area contributed by atoms with Gasteiger partial charge in [-0.15, -0.1) is 0 Å². The Morgan fingerprint density at radius 2 is 1.67 bits per heavy atom. The van der Waals surface area contributed by atoms with Crippen LogP contribution in [0, 0.1) is 11.7 Å². The van der Waals surface area contributed by atoms with Crippen molar-refractivity contribution in [3.8, 4) is 5.75 Å². The molecule has 11 heteroatoms. The van der Waals surface area contributed by atoms with Crippen LogP contribution in [-0.2, 0) is 0 Å². The van der Waals surface area contributed by atoms with E-state index in [2.05, 4.69) is 16.0 Å². The van der Waals surface area contributed by atoms with E-state index in [1.807, 2.05) is 49.4 Å². The summed E-state index contributed by atoms with van der Waals surface area (Å²) in [5.41, 5.74) is 1.49. The lowest BCUT2D eigenvalue weighted by Crippen LogP contribution is -2.50. The molecule has 1 heterocycles. The number of nitrogens with zero attached hydrogens (tertiary/aromatic N) is 2. The van der Waals surface area contributed by atoms with E-state index >= 15 is 0 Å². The van der Waals surface area contributed by atoms with Crippen LogP contribution in [0.5, 0.6) is 5.75 Å². The van der Waals surface area contributed by atoms with Gasteiger partial charge in [0.2, 0.25) is 0 Å². The number of benzene rings is 4. The molecule has 4 aromatic carbocycles. The summed E-state index contributed by atoms with van der Waals surface area (Å²) in [4.78, 5) is 43.2. The lowest BCUT2D eigenvalue weighted by molar-refractivity contribution is 0.0373. The second-order valence-electron chi connectivity index (χ2n) is 11.2. The third-order valence-electron chi connectivity index (χ3n) is 7.87. The number of fused-ring (bicyclic) bond motifs is 2. The van der Waals surface area contributed by atoms with E-state index in [1.165, 1.54) is 29.2 Å². The standard InChI is InChI=1S/C34H36FN5O5/c1-21-18-40(22(2)20-41)32(42)27-11-7-13-29(37-33(43)36-25-16-14-24(35)15-17-25)31(27)45-30(21)19-39(3)34(44)38-28-12-6-9-23-8-4-5-10-26(23)28/h4-17,21-22,30,41H,18-20H2,1-3H3,(H,38,44)(H2,36,37,43)/t21-,22+,30+/m1/s1. The number of halogens is 1. The van der Waals surface area contributed by atoms with Crippen molar-refractivity contribution >= 4 is 45.8 Å². The van der Waals surface area contributed by atoms with Crippen LogP contribution >= 0.6 is 0 Å². The lowest BCUT2D eigenvalue weighted by Gasteiger charge is -2.38. The molecule has 1 aliphatic rings. The van der Waals surface area contributed by atoms with E-state index in [9.17, 15) is 23.9 Å². The van der Waals surface area contributed by atoms with Crippen LogP contribution in [-0.4, -0.2) is 71.8 Å². The van der Waals surface area contributed by atoms with Crippen LogP contribution in [0.4, 0.5) is 31.0 Å². The van der Waals surface area contributed by atoms with Gasteiger partial charge in [-0.2, -0.15) is 0 Å². The number of carbonyl (C=O) groups is 3. The van der Waals surface area contributed by atoms with Crippen molar-refractivity contribution in [2.45, 2.75) is 26.0 Å². The van der Waals surface area contributed by atoms with E-state index in [0.717, 1.165) is 10.8 Å². The Morgan fingerprint density at radius 1 is 0.978 bits per heavy atom. The number of anilines is 3. The van der Waals surface area contributed by atoms with Gasteiger partial charge in [0.1, 0.15) is 11.9 Å². The van der Waals surface area contributed by atoms with Gasteiger partial charge < -0.3 is 35.6 Å². The minimum absolute atomic E-state index is 0.145. The number of amides is 5. The molecule has 45 heavy (non-hydrogen) atoms. The summed E-state index contributed by atoms with van der Waals surface area (Å²) in [7, 11) is 1.66. The summed E-state index contributed by atoms with van der Waals surface area (Å²) >= 11 is 0. The number of hydrogen-bond donors (Lipinski definition) is 4. The Kier molecular flexibility index (Phi) is 9.48. The molecule has 0 unspecified atom stereocenters. The first-order chi connectivity index (χ1) is 21.6. The maximum Gasteiger partial charge on any atom is 0.323 e. The molecule has 0 fully saturated rings. The molecule has 0 spiro atoms. The molecular weight excluding hydrogens is 577 g/mol. The highest BCUT2D eigenvalue weighted by Gasteiger charge is 2.35. The van der Waals surface area contributed by atoms with Crippen molar-refractivity contribution in [3.05, 3.63) is 96.3 Å². The SMILES string of the molecule is C[C@@H]1CN([C@@H](C)CO)C(=O)c2cccc(NC(=O)Nc3ccc(F)cc3)c2O[C@H]1CN(C)C(=O)Nc1cccc2ccccc12. The normalized spacial score (nSPS) is 16.9. The third-order valence-corrected chi connectivity index (χ3v) is 7.87. The Balaban J connectivity index is 1.41. The number of likely N-dealkylation sites (N-methyl/N-ethyl adjacent to an activating group) is 1. The van der Waals surface area contributed by atoms with Crippen molar-refractivity contribution in [2.75, 3.05) is 42.7 Å². The van der Waals surface area contributed by atoms with E-state index in [4.69, 9.17) is 4.74 Å². The minimum atomic E-state index is -0.620. The molecule has 5 rings (SSSR count). The zero-order chi connectivity index (χ0) is 32.1. The third kappa shape index (κ3) is 7.15. The largest absolute Gasteiger partial charge is 0.485 e. The van der Waals surface area contributed by atoms with Crippen LogP contribution in [0.2, 0.25) is 0 Å². The second kappa shape index (κ2) is 13.6. The summed E-state index contributed by atoms with van der Waals surface area (Å²) < 4.78 is 19.8. The van der Waals surface area contributed by atoms with Gasteiger partial charge >= 0.3 is 12.1 Å². The van der Waals surface area contributed by atoms with Gasteiger partial charge in [-0.1, -0.05) is 49.4 Å².